The molecule has 12 nitrogen and oxygen atoms in total. The van der Waals surface area contributed by atoms with E-state index in [4.69, 9.17) is 53.3 Å². The van der Waals surface area contributed by atoms with Crippen LogP contribution in [0.25, 0.3) is 0 Å². The Balaban J connectivity index is -0.000000366. The van der Waals surface area contributed by atoms with Crippen molar-refractivity contribution in [1.82, 2.24) is 0 Å². The molecule has 0 saturated carbocycles. The molecule has 0 spiro atoms. The van der Waals surface area contributed by atoms with E-state index < -0.39 is 118 Å². The van der Waals surface area contributed by atoms with Gasteiger partial charge in [-0.15, -0.1) is 0 Å². The molecule has 0 fully saturated rings. The van der Waals surface area contributed by atoms with Gasteiger partial charge in [-0.3, -0.25) is 0 Å². The molecule has 0 saturated heterocycles. The Labute approximate surface area is 601 Å². The van der Waals surface area contributed by atoms with E-state index in [1.54, 1.807) is 20.0 Å². The summed E-state index contributed by atoms with van der Waals surface area (Å²) in [5, 5.41) is 0. The molecule has 598 valence electrons. The van der Waals surface area contributed by atoms with Crippen LogP contribution in [0.15, 0.2) is 0 Å². The van der Waals surface area contributed by atoms with E-state index >= 15 is 0 Å². The molecule has 30 heteroatoms. The maximum absolute atomic E-state index is 12.9. The first-order chi connectivity index (χ1) is 39.9. The molecular formula is C65H182B4FO12P13. The number of halogens is 1. The SMILES string of the molecule is CCP(C)(C)(C)F.CCP(C)(C)(C)OB(OP(C)(C)(C)CC)OP(C)(C)(C)CC.CCP(C)(C)(C)OB(OP(C)(C)(C)CC)OP(C)(C)(C)CC.CCP(C)(C)(C)OB(OP(C)(C)(C)CC)OP(C)(C)(C)CC.CCP(C)(C)(C)OB(OP(C)(C)(C)CC)OP(C)(C)(C)CC. The molecule has 0 amide bonds. The second kappa shape index (κ2) is 32.3. The zero-order valence-electron chi connectivity index (χ0n) is 74.6. The van der Waals surface area contributed by atoms with E-state index in [1.165, 1.54) is 0 Å². The molecule has 0 N–H and O–H groups in total. The van der Waals surface area contributed by atoms with Crippen molar-refractivity contribution in [2.45, 2.75) is 90.0 Å². The van der Waals surface area contributed by atoms with Crippen molar-refractivity contribution in [2.75, 3.05) is 340 Å². The zero-order valence-corrected chi connectivity index (χ0v) is 86.2. The number of hydrogen-bond donors (Lipinski definition) is 0. The van der Waals surface area contributed by atoms with Crippen LogP contribution in [0, 0.1) is 0 Å². The quantitative estimate of drug-likeness (QED) is 0.0436. The molecule has 0 atom stereocenters. The fourth-order valence-corrected chi connectivity index (χ4v) is 16.2. The minimum atomic E-state index is -2.58. The predicted octanol–water partition coefficient (Wildman–Crippen LogP) is 22.9. The molecule has 0 rings (SSSR count). The molecule has 0 unspecified atom stereocenters. The Kier molecular flexibility index (Phi) is 37.0. The molecule has 0 aromatic rings. The third kappa shape index (κ3) is 56.2. The molecule has 0 aliphatic carbocycles. The van der Waals surface area contributed by atoms with Crippen molar-refractivity contribution < 1.29 is 57.5 Å². The zero-order chi connectivity index (χ0) is 78.8. The summed E-state index contributed by atoms with van der Waals surface area (Å²) in [6.45, 7) is 85.1. The van der Waals surface area contributed by atoms with Gasteiger partial charge in [0.15, 0.2) is 0 Å². The molecule has 0 heterocycles. The van der Waals surface area contributed by atoms with E-state index in [2.05, 4.69) is 323 Å². The Morgan fingerprint density at radius 1 is 0.147 bits per heavy atom. The standard InChI is InChI=1S/4C15H42BO3P3.C5H14FP/c4*1-13-20(4,5,6)17-16(18-21(7,8,9)14-2)19-22(10,11,12)15-3;1-5-7(2,3,4)6/h4*13-15H2,1-12H3;5H2,1-4H3. The van der Waals surface area contributed by atoms with Gasteiger partial charge in [0.25, 0.3) is 0 Å². The summed E-state index contributed by atoms with van der Waals surface area (Å²) in [6, 6.07) is 0. The van der Waals surface area contributed by atoms with Crippen molar-refractivity contribution >= 4 is 118 Å². The van der Waals surface area contributed by atoms with Gasteiger partial charge in [0.2, 0.25) is 0 Å². The third-order valence-electron chi connectivity index (χ3n) is 19.7. The molecule has 0 radical (unpaired) electrons. The summed E-state index contributed by atoms with van der Waals surface area (Å²) >= 11 is 0. The molecule has 0 aromatic carbocycles. The minimum absolute atomic E-state index is 0.548. The summed E-state index contributed by atoms with van der Waals surface area (Å²) in [4.78, 5) is 0. The second-order valence-electron chi connectivity index (χ2n) is 45.1. The van der Waals surface area contributed by atoms with Gasteiger partial charge in [-0.2, -0.15) is 0 Å². The van der Waals surface area contributed by atoms with E-state index in [0.717, 1.165) is 73.9 Å². The molecular weight excluding hydrogens is 1440 g/mol. The molecule has 0 bridgehead atoms. The van der Waals surface area contributed by atoms with Gasteiger partial charge in [0.05, 0.1) is 0 Å². The van der Waals surface area contributed by atoms with Crippen LogP contribution in [0.1, 0.15) is 90.0 Å². The Hall–Kier alpha value is 5.30. The van der Waals surface area contributed by atoms with Crippen molar-refractivity contribution in [2.24, 2.45) is 0 Å². The predicted molar refractivity (Wildman–Crippen MR) is 495 cm³/mol. The van der Waals surface area contributed by atoms with Gasteiger partial charge in [-0.25, -0.2) is 0 Å². The average Bonchev–Trinajstić information content (AvgIpc) is 3.31. The van der Waals surface area contributed by atoms with Crippen molar-refractivity contribution in [3.05, 3.63) is 0 Å². The van der Waals surface area contributed by atoms with Crippen LogP contribution in [0.3, 0.4) is 0 Å². The fourth-order valence-electron chi connectivity index (χ4n) is 4.95. The topological polar surface area (TPSA) is 111 Å². The number of hydrogen-bond acceptors (Lipinski definition) is 12. The Morgan fingerprint density at radius 2 is 0.200 bits per heavy atom. The summed E-state index contributed by atoms with van der Waals surface area (Å²) in [7, 11) is -2.19. The van der Waals surface area contributed by atoms with Gasteiger partial charge in [-0.05, 0) is 0 Å². The molecule has 95 heavy (non-hydrogen) atoms. The maximum atomic E-state index is 12.9. The Bertz CT molecular complexity index is 1850. The van der Waals surface area contributed by atoms with E-state index in [1.807, 2.05) is 6.92 Å². The van der Waals surface area contributed by atoms with E-state index in [-0.39, 0.29) is 0 Å². The van der Waals surface area contributed by atoms with E-state index in [9.17, 15) is 4.20 Å². The van der Waals surface area contributed by atoms with Crippen LogP contribution >= 0.6 is 88.9 Å². The van der Waals surface area contributed by atoms with Crippen LogP contribution in [0.5, 0.6) is 0 Å². The van der Waals surface area contributed by atoms with Gasteiger partial charge < -0.3 is 0 Å². The summed E-state index contributed by atoms with van der Waals surface area (Å²) in [6.07, 6.45) is 13.0. The second-order valence-corrected chi connectivity index (χ2v) is 133. The van der Waals surface area contributed by atoms with Gasteiger partial charge in [-0.1, -0.05) is 0 Å². The normalized spacial score (nSPS) is 19.3. The van der Waals surface area contributed by atoms with Crippen LogP contribution in [-0.4, -0.2) is 369 Å². The molecule has 0 aliphatic rings. The summed E-state index contributed by atoms with van der Waals surface area (Å²) < 4.78 is 91.3. The molecule has 0 aliphatic heterocycles. The first-order valence-corrected chi connectivity index (χ1v) is 83.8. The van der Waals surface area contributed by atoms with Crippen LogP contribution in [0.4, 0.5) is 4.20 Å². The van der Waals surface area contributed by atoms with Crippen LogP contribution in [-0.2, 0) is 53.3 Å². The number of rotatable bonds is 37. The third-order valence-corrected chi connectivity index (χ3v) is 59.2. The first-order valence-electron chi connectivity index (χ1n) is 35.9. The first kappa shape index (κ1) is 109. The van der Waals surface area contributed by atoms with Crippen LogP contribution < -0.4 is 0 Å². The average molecular weight is 1620 g/mol. The van der Waals surface area contributed by atoms with Crippen molar-refractivity contribution in [3.8, 4) is 0 Å². The van der Waals surface area contributed by atoms with Gasteiger partial charge >= 0.3 is 606 Å². The van der Waals surface area contributed by atoms with Crippen molar-refractivity contribution in [3.63, 3.8) is 0 Å². The Morgan fingerprint density at radius 3 is 0.232 bits per heavy atom. The van der Waals surface area contributed by atoms with Crippen molar-refractivity contribution in [1.29, 1.82) is 0 Å². The van der Waals surface area contributed by atoms with Gasteiger partial charge in [0.1, 0.15) is 0 Å². The summed E-state index contributed by atoms with van der Waals surface area (Å²) in [5.74, 6) is 0. The van der Waals surface area contributed by atoms with Crippen LogP contribution in [0.2, 0.25) is 0 Å². The summed E-state index contributed by atoms with van der Waals surface area (Å²) in [5.41, 5.74) is 0. The van der Waals surface area contributed by atoms with E-state index in [0.29, 0.717) is 6.16 Å². The monoisotopic (exact) mass is 1620 g/mol. The molecule has 0 aromatic heterocycles. The fraction of sp³-hybridized carbons (Fsp3) is 1.00. The van der Waals surface area contributed by atoms with Gasteiger partial charge in [0, 0.05) is 0 Å².